The number of nitro benzene ring substituents is 1. The maximum absolute atomic E-state index is 12.7. The van der Waals surface area contributed by atoms with Crippen LogP contribution in [0.3, 0.4) is 0 Å². The van der Waals surface area contributed by atoms with Crippen LogP contribution in [0.25, 0.3) is 0 Å². The first-order valence-corrected chi connectivity index (χ1v) is 9.84. The minimum absolute atomic E-state index is 0.0169. The molecule has 0 atom stereocenters. The predicted molar refractivity (Wildman–Crippen MR) is 109 cm³/mol. The summed E-state index contributed by atoms with van der Waals surface area (Å²) in [5, 5.41) is 14.0. The van der Waals surface area contributed by atoms with Crippen molar-refractivity contribution in [3.8, 4) is 5.75 Å². The van der Waals surface area contributed by atoms with Gasteiger partial charge in [-0.05, 0) is 32.4 Å². The highest BCUT2D eigenvalue weighted by Crippen LogP contribution is 2.36. The number of esters is 2. The highest BCUT2D eigenvalue weighted by Gasteiger charge is 2.28. The lowest BCUT2D eigenvalue weighted by atomic mass is 10.1. The molecule has 2 aromatic rings. The molecule has 0 spiro atoms. The van der Waals surface area contributed by atoms with E-state index >= 15 is 0 Å². The highest BCUT2D eigenvalue weighted by atomic mass is 32.1. The maximum atomic E-state index is 12.7. The van der Waals surface area contributed by atoms with E-state index in [0.717, 1.165) is 16.5 Å². The number of rotatable bonds is 6. The number of aryl methyl sites for hydroxylation is 1. The van der Waals surface area contributed by atoms with Gasteiger partial charge in [0.1, 0.15) is 11.5 Å². The Kier molecular flexibility index (Phi) is 6.01. The van der Waals surface area contributed by atoms with Gasteiger partial charge in [0.2, 0.25) is 5.91 Å². The lowest BCUT2D eigenvalue weighted by Gasteiger charge is -2.28. The molecule has 0 saturated heterocycles. The fraction of sp³-hybridized carbons (Fsp3) is 0.316. The lowest BCUT2D eigenvalue weighted by molar-refractivity contribution is -0.384. The van der Waals surface area contributed by atoms with E-state index in [-0.39, 0.29) is 31.1 Å². The summed E-state index contributed by atoms with van der Waals surface area (Å²) in [4.78, 5) is 49.5. The molecule has 1 aromatic carbocycles. The molecule has 10 nitrogen and oxygen atoms in total. The first kappa shape index (κ1) is 21.2. The van der Waals surface area contributed by atoms with Crippen LogP contribution in [0.2, 0.25) is 0 Å². The standard InChI is InChI=1S/C19H19N3O7S/c1-4-28-19(25)17-10(2)11(3)30-18(17)20-15(23)8-21-9-16(24)29-14-7-12(22(26)27)5-6-13(14)21/h5-7H,4,8-9H2,1-3H3,(H,20,23). The van der Waals surface area contributed by atoms with Crippen LogP contribution in [-0.2, 0) is 14.3 Å². The van der Waals surface area contributed by atoms with E-state index in [2.05, 4.69) is 5.32 Å². The van der Waals surface area contributed by atoms with Gasteiger partial charge in [0.05, 0.1) is 35.4 Å². The maximum Gasteiger partial charge on any atom is 0.341 e. The fourth-order valence-corrected chi connectivity index (χ4v) is 4.06. The van der Waals surface area contributed by atoms with Crippen LogP contribution in [0.15, 0.2) is 18.2 Å². The SMILES string of the molecule is CCOC(=O)c1c(NC(=O)CN2CC(=O)Oc3cc([N+](=O)[O-])ccc32)sc(C)c1C. The third-order valence-electron chi connectivity index (χ3n) is 4.49. The Morgan fingerprint density at radius 3 is 2.77 bits per heavy atom. The number of thiophene rings is 1. The average molecular weight is 433 g/mol. The van der Waals surface area contributed by atoms with Crippen molar-refractivity contribution in [1.29, 1.82) is 0 Å². The van der Waals surface area contributed by atoms with Crippen LogP contribution in [0.1, 0.15) is 27.7 Å². The number of non-ortho nitro benzene ring substituents is 1. The van der Waals surface area contributed by atoms with Crippen molar-refractivity contribution >= 4 is 45.6 Å². The second kappa shape index (κ2) is 8.49. The molecule has 11 heteroatoms. The number of hydrogen-bond donors (Lipinski definition) is 1. The number of carbonyl (C=O) groups excluding carboxylic acids is 3. The second-order valence-electron chi connectivity index (χ2n) is 6.50. The van der Waals surface area contributed by atoms with Gasteiger partial charge in [0, 0.05) is 10.9 Å². The van der Waals surface area contributed by atoms with Crippen molar-refractivity contribution in [1.82, 2.24) is 0 Å². The van der Waals surface area contributed by atoms with Gasteiger partial charge in [0.15, 0.2) is 5.75 Å². The summed E-state index contributed by atoms with van der Waals surface area (Å²) in [6.07, 6.45) is 0. The number of carbonyl (C=O) groups is 3. The highest BCUT2D eigenvalue weighted by molar-refractivity contribution is 7.16. The summed E-state index contributed by atoms with van der Waals surface area (Å²) in [5.74, 6) is -1.59. The summed E-state index contributed by atoms with van der Waals surface area (Å²) in [5.41, 5.74) is 1.20. The zero-order valence-corrected chi connectivity index (χ0v) is 17.3. The number of fused-ring (bicyclic) bond motifs is 1. The molecule has 0 radical (unpaired) electrons. The number of nitrogens with one attached hydrogen (secondary N) is 1. The number of anilines is 2. The molecule has 0 fully saturated rings. The minimum Gasteiger partial charge on any atom is -0.462 e. The normalized spacial score (nSPS) is 12.8. The molecule has 0 unspecified atom stereocenters. The number of hydrogen-bond acceptors (Lipinski definition) is 9. The molecule has 1 aliphatic rings. The van der Waals surface area contributed by atoms with Gasteiger partial charge in [-0.1, -0.05) is 0 Å². The third-order valence-corrected chi connectivity index (χ3v) is 5.61. The molecule has 1 aliphatic heterocycles. The monoisotopic (exact) mass is 433 g/mol. The quantitative estimate of drug-likeness (QED) is 0.319. The van der Waals surface area contributed by atoms with E-state index in [1.54, 1.807) is 13.8 Å². The summed E-state index contributed by atoms with van der Waals surface area (Å²) in [6, 6.07) is 3.84. The molecule has 1 amide bonds. The third kappa shape index (κ3) is 4.25. The number of benzene rings is 1. The van der Waals surface area contributed by atoms with Crippen molar-refractivity contribution in [2.24, 2.45) is 0 Å². The van der Waals surface area contributed by atoms with Crippen LogP contribution in [0.4, 0.5) is 16.4 Å². The predicted octanol–water partition coefficient (Wildman–Crippen LogP) is 2.81. The van der Waals surface area contributed by atoms with E-state index < -0.39 is 22.8 Å². The van der Waals surface area contributed by atoms with Crippen LogP contribution < -0.4 is 15.0 Å². The Morgan fingerprint density at radius 2 is 2.10 bits per heavy atom. The smallest absolute Gasteiger partial charge is 0.341 e. The molecule has 158 valence electrons. The van der Waals surface area contributed by atoms with Gasteiger partial charge in [-0.2, -0.15) is 0 Å². The van der Waals surface area contributed by atoms with E-state index in [1.807, 2.05) is 6.92 Å². The second-order valence-corrected chi connectivity index (χ2v) is 7.72. The van der Waals surface area contributed by atoms with E-state index in [4.69, 9.17) is 9.47 Å². The average Bonchev–Trinajstić information content (AvgIpc) is 2.94. The molecular formula is C19H19N3O7S. The largest absolute Gasteiger partial charge is 0.462 e. The lowest BCUT2D eigenvalue weighted by Crippen LogP contribution is -2.41. The van der Waals surface area contributed by atoms with Crippen molar-refractivity contribution in [3.05, 3.63) is 44.3 Å². The van der Waals surface area contributed by atoms with Crippen LogP contribution in [0.5, 0.6) is 5.75 Å². The van der Waals surface area contributed by atoms with Crippen molar-refractivity contribution in [3.63, 3.8) is 0 Å². The summed E-state index contributed by atoms with van der Waals surface area (Å²) >= 11 is 1.26. The minimum atomic E-state index is -0.633. The Balaban J connectivity index is 1.81. The molecular weight excluding hydrogens is 414 g/mol. The summed E-state index contributed by atoms with van der Waals surface area (Å²) < 4.78 is 10.1. The molecule has 0 saturated carbocycles. The molecule has 1 aromatic heterocycles. The van der Waals surface area contributed by atoms with Gasteiger partial charge in [0.25, 0.3) is 5.69 Å². The van der Waals surface area contributed by atoms with E-state index in [9.17, 15) is 24.5 Å². The van der Waals surface area contributed by atoms with Crippen molar-refractivity contribution in [2.45, 2.75) is 20.8 Å². The van der Waals surface area contributed by atoms with Gasteiger partial charge >= 0.3 is 11.9 Å². The fourth-order valence-electron chi connectivity index (χ4n) is 3.00. The first-order chi connectivity index (χ1) is 14.2. The molecule has 0 bridgehead atoms. The zero-order chi connectivity index (χ0) is 22.0. The summed E-state index contributed by atoms with van der Waals surface area (Å²) in [7, 11) is 0. The van der Waals surface area contributed by atoms with Crippen molar-refractivity contribution < 1.29 is 28.8 Å². The van der Waals surface area contributed by atoms with Crippen molar-refractivity contribution in [2.75, 3.05) is 29.9 Å². The van der Waals surface area contributed by atoms with Crippen LogP contribution in [0, 0.1) is 24.0 Å². The molecule has 3 rings (SSSR count). The molecule has 0 aliphatic carbocycles. The molecule has 1 N–H and O–H groups in total. The topological polar surface area (TPSA) is 128 Å². The van der Waals surface area contributed by atoms with E-state index in [0.29, 0.717) is 16.3 Å². The van der Waals surface area contributed by atoms with Crippen LogP contribution >= 0.6 is 11.3 Å². The van der Waals surface area contributed by atoms with E-state index in [1.165, 1.54) is 28.4 Å². The number of nitrogens with zero attached hydrogens (tertiary/aromatic N) is 2. The van der Waals surface area contributed by atoms with Gasteiger partial charge < -0.3 is 19.7 Å². The molecule has 30 heavy (non-hydrogen) atoms. The Hall–Kier alpha value is -3.47. The van der Waals surface area contributed by atoms with Gasteiger partial charge in [-0.15, -0.1) is 11.3 Å². The summed E-state index contributed by atoms with van der Waals surface area (Å²) in [6.45, 7) is 5.12. The van der Waals surface area contributed by atoms with Crippen LogP contribution in [-0.4, -0.2) is 42.5 Å². The number of nitro groups is 1. The number of amides is 1. The van der Waals surface area contributed by atoms with Gasteiger partial charge in [-0.25, -0.2) is 9.59 Å². The Bertz CT molecular complexity index is 1050. The Labute approximate surface area is 175 Å². The Morgan fingerprint density at radius 1 is 1.37 bits per heavy atom. The number of ether oxygens (including phenoxy) is 2. The van der Waals surface area contributed by atoms with Gasteiger partial charge in [-0.3, -0.25) is 14.9 Å². The molecule has 2 heterocycles. The first-order valence-electron chi connectivity index (χ1n) is 9.02. The zero-order valence-electron chi connectivity index (χ0n) is 16.5.